The quantitative estimate of drug-likeness (QED) is 0.664. The van der Waals surface area contributed by atoms with Gasteiger partial charge in [-0.3, -0.25) is 9.69 Å². The summed E-state index contributed by atoms with van der Waals surface area (Å²) in [5.41, 5.74) is 3.13. The molecule has 1 aromatic carbocycles. The second-order valence-corrected chi connectivity index (χ2v) is 8.67. The summed E-state index contributed by atoms with van der Waals surface area (Å²) in [5.74, 6) is 2.16. The van der Waals surface area contributed by atoms with Crippen LogP contribution in [0.15, 0.2) is 34.9 Å². The van der Waals surface area contributed by atoms with Crippen LogP contribution in [0.3, 0.4) is 0 Å². The van der Waals surface area contributed by atoms with Crippen LogP contribution in [0.4, 0.5) is 0 Å². The van der Waals surface area contributed by atoms with Gasteiger partial charge in [-0.05, 0) is 55.4 Å². The molecule has 160 valence electrons. The second kappa shape index (κ2) is 9.23. The smallest absolute Gasteiger partial charge is 0.217 e. The fourth-order valence-corrected chi connectivity index (χ4v) is 3.82. The maximum atomic E-state index is 11.2. The molecule has 7 heteroatoms. The molecule has 0 bridgehead atoms. The molecule has 30 heavy (non-hydrogen) atoms. The number of benzene rings is 1. The van der Waals surface area contributed by atoms with Crippen molar-refractivity contribution in [3.05, 3.63) is 52.4 Å². The third-order valence-electron chi connectivity index (χ3n) is 5.60. The van der Waals surface area contributed by atoms with Crippen LogP contribution in [0, 0.1) is 5.92 Å². The molecule has 2 aliphatic rings. The van der Waals surface area contributed by atoms with Crippen LogP contribution in [0.1, 0.15) is 56.2 Å². The van der Waals surface area contributed by atoms with Gasteiger partial charge in [0.1, 0.15) is 11.4 Å². The van der Waals surface area contributed by atoms with Crippen LogP contribution < -0.4 is 10.1 Å². The lowest BCUT2D eigenvalue weighted by atomic mass is 10.0. The summed E-state index contributed by atoms with van der Waals surface area (Å²) in [7, 11) is 0. The van der Waals surface area contributed by atoms with E-state index < -0.39 is 0 Å². The van der Waals surface area contributed by atoms with Gasteiger partial charge in [0.05, 0.1) is 12.6 Å². The molecule has 1 aliphatic heterocycles. The Labute approximate surface area is 182 Å². The van der Waals surface area contributed by atoms with Crippen molar-refractivity contribution in [3.63, 3.8) is 0 Å². The van der Waals surface area contributed by atoms with E-state index in [1.807, 2.05) is 25.1 Å². The highest BCUT2D eigenvalue weighted by atomic mass is 35.5. The minimum atomic E-state index is -0.192. The van der Waals surface area contributed by atoms with Gasteiger partial charge in [-0.2, -0.15) is 0 Å². The minimum Gasteiger partial charge on any atom is -0.493 e. The van der Waals surface area contributed by atoms with Crippen molar-refractivity contribution in [2.24, 2.45) is 5.92 Å². The molecule has 1 N–H and O–H groups in total. The van der Waals surface area contributed by atoms with E-state index in [-0.39, 0.29) is 11.9 Å². The van der Waals surface area contributed by atoms with Crippen molar-refractivity contribution in [2.45, 2.75) is 45.7 Å². The Kier molecular flexibility index (Phi) is 6.44. The second-order valence-electron chi connectivity index (χ2n) is 8.26. The van der Waals surface area contributed by atoms with Crippen molar-refractivity contribution in [1.82, 2.24) is 15.4 Å². The molecule has 2 heterocycles. The van der Waals surface area contributed by atoms with E-state index in [1.54, 1.807) is 0 Å². The number of amides is 1. The largest absolute Gasteiger partial charge is 0.493 e. The standard InChI is InChI=1S/C23H28ClN3O3/c1-15(25-16(2)28)23-12-22(26-30-23)18-7-9-27(10-8-18)13-19-5-6-20(11-21(19)24)29-14-17-3-4-17/h5-7,11-12,15,17H,3-4,8-10,13-14H2,1-2H3,(H,25,28)/t15-/m0/s1. The number of aromatic nitrogens is 1. The molecule has 1 amide bonds. The van der Waals surface area contributed by atoms with Crippen molar-refractivity contribution in [2.75, 3.05) is 19.7 Å². The molecular weight excluding hydrogens is 402 g/mol. The summed E-state index contributed by atoms with van der Waals surface area (Å²) in [6.07, 6.45) is 5.64. The van der Waals surface area contributed by atoms with E-state index in [9.17, 15) is 4.79 Å². The van der Waals surface area contributed by atoms with Crippen molar-refractivity contribution in [1.29, 1.82) is 0 Å². The van der Waals surface area contributed by atoms with Gasteiger partial charge in [0.25, 0.3) is 0 Å². The zero-order valence-electron chi connectivity index (χ0n) is 17.5. The molecule has 1 aliphatic carbocycles. The van der Waals surface area contributed by atoms with Crippen molar-refractivity contribution < 1.29 is 14.1 Å². The molecule has 0 radical (unpaired) electrons. The Balaban J connectivity index is 1.32. The highest BCUT2D eigenvalue weighted by molar-refractivity contribution is 6.31. The average Bonchev–Trinajstić information content (AvgIpc) is 3.42. The molecule has 1 saturated carbocycles. The van der Waals surface area contributed by atoms with Crippen LogP contribution in [0.5, 0.6) is 5.75 Å². The molecular formula is C23H28ClN3O3. The topological polar surface area (TPSA) is 67.6 Å². The Morgan fingerprint density at radius 1 is 1.40 bits per heavy atom. The Morgan fingerprint density at radius 2 is 2.23 bits per heavy atom. The van der Waals surface area contributed by atoms with Crippen molar-refractivity contribution >= 4 is 23.1 Å². The van der Waals surface area contributed by atoms with E-state index in [0.717, 1.165) is 60.6 Å². The zero-order chi connectivity index (χ0) is 21.1. The lowest BCUT2D eigenvalue weighted by Crippen LogP contribution is -2.28. The predicted octanol–water partition coefficient (Wildman–Crippen LogP) is 4.60. The lowest BCUT2D eigenvalue weighted by molar-refractivity contribution is -0.119. The Bertz CT molecular complexity index is 936. The molecule has 1 atom stereocenters. The van der Waals surface area contributed by atoms with Crippen LogP contribution in [-0.2, 0) is 11.3 Å². The van der Waals surface area contributed by atoms with Crippen LogP contribution >= 0.6 is 11.6 Å². The van der Waals surface area contributed by atoms with Crippen LogP contribution in [0.25, 0.3) is 5.57 Å². The third-order valence-corrected chi connectivity index (χ3v) is 5.95. The van der Waals surface area contributed by atoms with Crippen molar-refractivity contribution in [3.8, 4) is 5.75 Å². The zero-order valence-corrected chi connectivity index (χ0v) is 18.2. The SMILES string of the molecule is CC(=O)N[C@@H](C)c1cc(C2=CCN(Cc3ccc(OCC4CC4)cc3Cl)CC2)no1. The highest BCUT2D eigenvalue weighted by Gasteiger charge is 2.22. The molecule has 2 aromatic rings. The first-order valence-corrected chi connectivity index (χ1v) is 10.9. The van der Waals surface area contributed by atoms with E-state index in [1.165, 1.54) is 25.3 Å². The van der Waals surface area contributed by atoms with Gasteiger partial charge in [0.15, 0.2) is 5.76 Å². The summed E-state index contributed by atoms with van der Waals surface area (Å²) in [4.78, 5) is 13.6. The molecule has 0 unspecified atom stereocenters. The fraction of sp³-hybridized carbons (Fsp3) is 0.478. The number of carbonyl (C=O) groups excluding carboxylic acids is 1. The molecule has 1 aromatic heterocycles. The number of nitrogens with zero attached hydrogens (tertiary/aromatic N) is 2. The van der Waals surface area contributed by atoms with E-state index in [4.69, 9.17) is 20.9 Å². The fourth-order valence-electron chi connectivity index (χ4n) is 3.59. The number of nitrogens with one attached hydrogen (secondary N) is 1. The predicted molar refractivity (Wildman–Crippen MR) is 116 cm³/mol. The number of carbonyl (C=O) groups is 1. The number of ether oxygens (including phenoxy) is 1. The summed E-state index contributed by atoms with van der Waals surface area (Å²) in [5, 5.41) is 7.76. The number of halogens is 1. The first-order chi connectivity index (χ1) is 14.5. The van der Waals surface area contributed by atoms with Gasteiger partial charge < -0.3 is 14.6 Å². The lowest BCUT2D eigenvalue weighted by Gasteiger charge is -2.26. The molecule has 6 nitrogen and oxygen atoms in total. The third kappa shape index (κ3) is 5.43. The van der Waals surface area contributed by atoms with Crippen LogP contribution in [-0.4, -0.2) is 35.7 Å². The van der Waals surface area contributed by atoms with Gasteiger partial charge >= 0.3 is 0 Å². The van der Waals surface area contributed by atoms with Gasteiger partial charge in [0, 0.05) is 37.6 Å². The normalized spacial score (nSPS) is 18.0. The summed E-state index contributed by atoms with van der Waals surface area (Å²) in [6.45, 7) is 6.72. The average molecular weight is 430 g/mol. The van der Waals surface area contributed by atoms with Gasteiger partial charge in [-0.15, -0.1) is 0 Å². The van der Waals surface area contributed by atoms with E-state index in [2.05, 4.69) is 27.5 Å². The highest BCUT2D eigenvalue weighted by Crippen LogP contribution is 2.31. The summed E-state index contributed by atoms with van der Waals surface area (Å²) >= 11 is 6.50. The van der Waals surface area contributed by atoms with Gasteiger partial charge in [-0.25, -0.2) is 0 Å². The maximum Gasteiger partial charge on any atom is 0.217 e. The summed E-state index contributed by atoms with van der Waals surface area (Å²) < 4.78 is 11.2. The maximum absolute atomic E-state index is 11.2. The molecule has 4 rings (SSSR count). The summed E-state index contributed by atoms with van der Waals surface area (Å²) in [6, 6.07) is 7.73. The van der Waals surface area contributed by atoms with Crippen LogP contribution in [0.2, 0.25) is 5.02 Å². The number of hydrogen-bond donors (Lipinski definition) is 1. The Morgan fingerprint density at radius 3 is 2.90 bits per heavy atom. The molecule has 0 spiro atoms. The number of hydrogen-bond acceptors (Lipinski definition) is 5. The van der Waals surface area contributed by atoms with Gasteiger partial charge in [-0.1, -0.05) is 28.9 Å². The first kappa shape index (κ1) is 20.9. The first-order valence-electron chi connectivity index (χ1n) is 10.5. The monoisotopic (exact) mass is 429 g/mol. The minimum absolute atomic E-state index is 0.0888. The molecule has 1 fully saturated rings. The number of rotatable bonds is 8. The van der Waals surface area contributed by atoms with E-state index in [0.29, 0.717) is 5.76 Å². The Hall–Kier alpha value is -2.31. The van der Waals surface area contributed by atoms with Gasteiger partial charge in [0.2, 0.25) is 5.91 Å². The van der Waals surface area contributed by atoms with E-state index >= 15 is 0 Å². The molecule has 0 saturated heterocycles.